The minimum atomic E-state index is -0.726. The van der Waals surface area contributed by atoms with E-state index in [2.05, 4.69) is 6.58 Å². The summed E-state index contributed by atoms with van der Waals surface area (Å²) in [7, 11) is 0. The number of carbonyl (C=O) groups excluding carboxylic acids is 3. The molecule has 1 atom stereocenters. The molecule has 1 aromatic carbocycles. The van der Waals surface area contributed by atoms with Gasteiger partial charge in [-0.15, -0.1) is 6.58 Å². The molecular weight excluding hydrogens is 380 g/mol. The molecule has 0 aliphatic carbocycles. The lowest BCUT2D eigenvalue weighted by molar-refractivity contribution is 0.0512. The van der Waals surface area contributed by atoms with E-state index in [1.54, 1.807) is 55.7 Å². The number of benzene rings is 1. The normalized spacial score (nSPS) is 11.6. The predicted octanol–water partition coefficient (Wildman–Crippen LogP) is 4.20. The maximum absolute atomic E-state index is 13.5. The zero-order valence-electron chi connectivity index (χ0n) is 18.4. The third kappa shape index (κ3) is 4.37. The highest BCUT2D eigenvalue weighted by Crippen LogP contribution is 2.26. The van der Waals surface area contributed by atoms with E-state index in [0.29, 0.717) is 34.6 Å². The lowest BCUT2D eigenvalue weighted by Crippen LogP contribution is -2.43. The van der Waals surface area contributed by atoms with E-state index < -0.39 is 12.0 Å². The highest BCUT2D eigenvalue weighted by atomic mass is 16.5. The molecular formula is C24H30N2O4. The predicted molar refractivity (Wildman–Crippen MR) is 117 cm³/mol. The van der Waals surface area contributed by atoms with Gasteiger partial charge in [0.15, 0.2) is 5.78 Å². The highest BCUT2D eigenvalue weighted by molar-refractivity contribution is 6.07. The van der Waals surface area contributed by atoms with Crippen LogP contribution in [0.3, 0.4) is 0 Å². The van der Waals surface area contributed by atoms with Crippen molar-refractivity contribution < 1.29 is 19.1 Å². The number of hydrogen-bond acceptors (Lipinski definition) is 4. The third-order valence-corrected chi connectivity index (χ3v) is 5.25. The Bertz CT molecular complexity index is 944. The fourth-order valence-electron chi connectivity index (χ4n) is 3.77. The van der Waals surface area contributed by atoms with Crippen LogP contribution in [0.4, 0.5) is 0 Å². The first-order chi connectivity index (χ1) is 14.3. The maximum Gasteiger partial charge on any atom is 0.355 e. The van der Waals surface area contributed by atoms with Crippen LogP contribution in [0, 0.1) is 13.8 Å². The van der Waals surface area contributed by atoms with Crippen LogP contribution in [0.5, 0.6) is 0 Å². The highest BCUT2D eigenvalue weighted by Gasteiger charge is 2.32. The van der Waals surface area contributed by atoms with Gasteiger partial charge in [-0.05, 0) is 52.3 Å². The van der Waals surface area contributed by atoms with E-state index in [-0.39, 0.29) is 24.8 Å². The van der Waals surface area contributed by atoms with Crippen LogP contribution in [-0.4, -0.2) is 46.3 Å². The molecule has 6 nitrogen and oxygen atoms in total. The Morgan fingerprint density at radius 2 is 1.80 bits per heavy atom. The Labute approximate surface area is 178 Å². The second-order valence-electron chi connectivity index (χ2n) is 7.05. The average molecular weight is 411 g/mol. The molecule has 2 rings (SSSR count). The van der Waals surface area contributed by atoms with Gasteiger partial charge in [0, 0.05) is 29.9 Å². The second-order valence-corrected chi connectivity index (χ2v) is 7.05. The third-order valence-electron chi connectivity index (χ3n) is 5.25. The zero-order valence-corrected chi connectivity index (χ0v) is 18.4. The molecule has 0 spiro atoms. The summed E-state index contributed by atoms with van der Waals surface area (Å²) >= 11 is 0. The zero-order chi connectivity index (χ0) is 22.4. The summed E-state index contributed by atoms with van der Waals surface area (Å²) in [5, 5.41) is 0. The molecule has 0 unspecified atom stereocenters. The van der Waals surface area contributed by atoms with Crippen molar-refractivity contribution in [1.29, 1.82) is 0 Å². The minimum Gasteiger partial charge on any atom is -0.461 e. The monoisotopic (exact) mass is 410 g/mol. The van der Waals surface area contributed by atoms with E-state index >= 15 is 0 Å². The lowest BCUT2D eigenvalue weighted by atomic mass is 9.99. The number of hydrogen-bond donors (Lipinski definition) is 0. The van der Waals surface area contributed by atoms with Gasteiger partial charge in [0.1, 0.15) is 5.69 Å². The first-order valence-electron chi connectivity index (χ1n) is 10.2. The number of Topliss-reactive ketones (excluding diaryl/α,β-unsaturated/α-hetero) is 1. The summed E-state index contributed by atoms with van der Waals surface area (Å²) in [5.74, 6) is -0.906. The summed E-state index contributed by atoms with van der Waals surface area (Å²) in [6.07, 6.45) is 1.60. The number of rotatable bonds is 9. The molecule has 0 fully saturated rings. The standard InChI is InChI=1S/C24H30N2O4/c1-7-15-26(23(28)19-13-11-10-12-14-19)18(6)22(27)20-16(4)21(24(29)30-9-3)25(8-2)17(20)5/h7,10-14,18H,1,8-9,15H2,2-6H3/t18-/m0/s1. The van der Waals surface area contributed by atoms with Crippen LogP contribution in [0.2, 0.25) is 0 Å². The van der Waals surface area contributed by atoms with E-state index in [1.165, 1.54) is 4.90 Å². The fourth-order valence-corrected chi connectivity index (χ4v) is 3.77. The van der Waals surface area contributed by atoms with Crippen molar-refractivity contribution in [3.63, 3.8) is 0 Å². The SMILES string of the molecule is C=CCN(C(=O)c1ccccc1)[C@@H](C)C(=O)c1c(C)c(C(=O)OCC)n(CC)c1C. The molecule has 160 valence electrons. The van der Waals surface area contributed by atoms with Gasteiger partial charge < -0.3 is 14.2 Å². The van der Waals surface area contributed by atoms with Crippen molar-refractivity contribution >= 4 is 17.7 Å². The fraction of sp³-hybridized carbons (Fsp3) is 0.375. The van der Waals surface area contributed by atoms with Gasteiger partial charge in [-0.2, -0.15) is 0 Å². The summed E-state index contributed by atoms with van der Waals surface area (Å²) < 4.78 is 6.99. The van der Waals surface area contributed by atoms with E-state index in [0.717, 1.165) is 0 Å². The molecule has 0 aliphatic rings. The van der Waals surface area contributed by atoms with Crippen molar-refractivity contribution in [1.82, 2.24) is 9.47 Å². The smallest absolute Gasteiger partial charge is 0.355 e. The molecule has 1 amide bonds. The van der Waals surface area contributed by atoms with Gasteiger partial charge >= 0.3 is 5.97 Å². The minimum absolute atomic E-state index is 0.214. The second kappa shape index (κ2) is 10.1. The van der Waals surface area contributed by atoms with Crippen LogP contribution in [0.15, 0.2) is 43.0 Å². The Morgan fingerprint density at radius 3 is 2.33 bits per heavy atom. The van der Waals surface area contributed by atoms with Crippen LogP contribution in [-0.2, 0) is 11.3 Å². The van der Waals surface area contributed by atoms with Gasteiger partial charge in [0.2, 0.25) is 0 Å². The van der Waals surface area contributed by atoms with Crippen molar-refractivity contribution in [2.24, 2.45) is 0 Å². The number of ether oxygens (including phenoxy) is 1. The van der Waals surface area contributed by atoms with E-state index in [9.17, 15) is 14.4 Å². The van der Waals surface area contributed by atoms with Crippen molar-refractivity contribution in [3.8, 4) is 0 Å². The van der Waals surface area contributed by atoms with Crippen LogP contribution < -0.4 is 0 Å². The molecule has 30 heavy (non-hydrogen) atoms. The average Bonchev–Trinajstić information content (AvgIpc) is 3.00. The Morgan fingerprint density at radius 1 is 1.17 bits per heavy atom. The number of aromatic nitrogens is 1. The van der Waals surface area contributed by atoms with Crippen LogP contribution in [0.25, 0.3) is 0 Å². The summed E-state index contributed by atoms with van der Waals surface area (Å²) in [6.45, 7) is 13.7. The van der Waals surface area contributed by atoms with Crippen LogP contribution in [0.1, 0.15) is 63.2 Å². The van der Waals surface area contributed by atoms with Gasteiger partial charge in [-0.3, -0.25) is 9.59 Å². The van der Waals surface area contributed by atoms with Gasteiger partial charge in [0.05, 0.1) is 12.6 Å². The Hall–Kier alpha value is -3.15. The molecule has 0 aliphatic heterocycles. The topological polar surface area (TPSA) is 68.6 Å². The summed E-state index contributed by atoms with van der Waals surface area (Å²) in [5.41, 5.74) is 2.63. The Kier molecular flexibility index (Phi) is 7.75. The van der Waals surface area contributed by atoms with Crippen LogP contribution >= 0.6 is 0 Å². The van der Waals surface area contributed by atoms with Crippen molar-refractivity contribution in [3.05, 3.63) is 71.1 Å². The van der Waals surface area contributed by atoms with Crippen molar-refractivity contribution in [2.75, 3.05) is 13.2 Å². The van der Waals surface area contributed by atoms with Gasteiger partial charge in [-0.25, -0.2) is 4.79 Å². The molecule has 1 heterocycles. The first-order valence-corrected chi connectivity index (χ1v) is 10.2. The number of esters is 1. The number of carbonyl (C=O) groups is 3. The largest absolute Gasteiger partial charge is 0.461 e. The molecule has 0 radical (unpaired) electrons. The quantitative estimate of drug-likeness (QED) is 0.353. The molecule has 1 aromatic heterocycles. The number of nitrogens with zero attached hydrogens (tertiary/aromatic N) is 2. The van der Waals surface area contributed by atoms with E-state index in [1.807, 2.05) is 19.9 Å². The molecule has 0 N–H and O–H groups in total. The Balaban J connectivity index is 2.48. The molecule has 0 saturated carbocycles. The first kappa shape index (κ1) is 23.1. The van der Waals surface area contributed by atoms with Gasteiger partial charge in [0.25, 0.3) is 5.91 Å². The molecule has 6 heteroatoms. The number of ketones is 1. The van der Waals surface area contributed by atoms with E-state index in [4.69, 9.17) is 4.74 Å². The lowest BCUT2D eigenvalue weighted by Gasteiger charge is -2.27. The summed E-state index contributed by atoms with van der Waals surface area (Å²) in [4.78, 5) is 40.6. The van der Waals surface area contributed by atoms with Crippen molar-refractivity contribution in [2.45, 2.75) is 47.2 Å². The maximum atomic E-state index is 13.5. The molecule has 2 aromatic rings. The summed E-state index contributed by atoms with van der Waals surface area (Å²) in [6, 6.07) is 8.12. The van der Waals surface area contributed by atoms with Gasteiger partial charge in [-0.1, -0.05) is 24.3 Å². The number of amides is 1. The molecule has 0 saturated heterocycles. The molecule has 0 bridgehead atoms.